The minimum atomic E-state index is -0.0519. The van der Waals surface area contributed by atoms with Crippen LogP contribution in [0.15, 0.2) is 29.3 Å². The number of nitrogens with zero attached hydrogens (tertiary/aromatic N) is 1. The zero-order chi connectivity index (χ0) is 17.9. The molecule has 0 aliphatic carbocycles. The van der Waals surface area contributed by atoms with Gasteiger partial charge in [-0.15, -0.1) is 24.0 Å². The highest BCUT2D eigenvalue weighted by atomic mass is 127. The smallest absolute Gasteiger partial charge is 0.251 e. The summed E-state index contributed by atoms with van der Waals surface area (Å²) in [4.78, 5) is 16.1. The van der Waals surface area contributed by atoms with Gasteiger partial charge in [0.25, 0.3) is 5.91 Å². The average Bonchev–Trinajstić information content (AvgIpc) is 2.53. The maximum absolute atomic E-state index is 11.7. The van der Waals surface area contributed by atoms with Gasteiger partial charge in [0, 0.05) is 18.2 Å². The van der Waals surface area contributed by atoms with Crippen LogP contribution in [0.1, 0.15) is 62.9 Å². The fraction of sp³-hybridized carbons (Fsp3) is 0.579. The number of nitrogens with one attached hydrogen (secondary N) is 2. The van der Waals surface area contributed by atoms with Gasteiger partial charge in [-0.3, -0.25) is 4.79 Å². The standard InChI is InChI=1S/C19H32N4O.HI/c1-5-21-18(24)17-11-9-16(10-12-17)13-22-19(20)23-15(4)8-6-7-14(2)3;/h9-12,14-15H,5-8,13H2,1-4H3,(H,21,24)(H3,20,22,23);1H. The van der Waals surface area contributed by atoms with Crippen molar-refractivity contribution in [1.29, 1.82) is 0 Å². The third kappa shape index (κ3) is 10.3. The zero-order valence-electron chi connectivity index (χ0n) is 15.8. The number of hydrogen-bond donors (Lipinski definition) is 3. The fourth-order valence-corrected chi connectivity index (χ4v) is 2.40. The van der Waals surface area contributed by atoms with Crippen molar-refractivity contribution in [1.82, 2.24) is 10.6 Å². The predicted octanol–water partition coefficient (Wildman–Crippen LogP) is 3.67. The van der Waals surface area contributed by atoms with E-state index in [1.54, 1.807) is 0 Å². The molecule has 4 N–H and O–H groups in total. The van der Waals surface area contributed by atoms with E-state index in [1.165, 1.54) is 12.8 Å². The van der Waals surface area contributed by atoms with Gasteiger partial charge in [-0.05, 0) is 43.9 Å². The van der Waals surface area contributed by atoms with E-state index >= 15 is 0 Å². The zero-order valence-corrected chi connectivity index (χ0v) is 18.2. The molecule has 5 nitrogen and oxygen atoms in total. The molecule has 1 unspecified atom stereocenters. The summed E-state index contributed by atoms with van der Waals surface area (Å²) in [6, 6.07) is 7.77. The summed E-state index contributed by atoms with van der Waals surface area (Å²) in [6.45, 7) is 9.65. The number of guanidine groups is 1. The van der Waals surface area contributed by atoms with Crippen molar-refractivity contribution in [3.63, 3.8) is 0 Å². The van der Waals surface area contributed by atoms with E-state index in [9.17, 15) is 4.79 Å². The summed E-state index contributed by atoms with van der Waals surface area (Å²) in [5.41, 5.74) is 7.64. The first-order valence-electron chi connectivity index (χ1n) is 8.86. The van der Waals surface area contributed by atoms with Gasteiger partial charge in [0.05, 0.1) is 6.54 Å². The quantitative estimate of drug-likeness (QED) is 0.299. The van der Waals surface area contributed by atoms with Crippen molar-refractivity contribution in [2.75, 3.05) is 6.54 Å². The molecule has 25 heavy (non-hydrogen) atoms. The van der Waals surface area contributed by atoms with E-state index in [0.717, 1.165) is 17.9 Å². The number of benzene rings is 1. The van der Waals surface area contributed by atoms with Crippen LogP contribution in [0.2, 0.25) is 0 Å². The van der Waals surface area contributed by atoms with E-state index in [2.05, 4.69) is 36.4 Å². The van der Waals surface area contributed by atoms with Crippen LogP contribution in [0.25, 0.3) is 0 Å². The van der Waals surface area contributed by atoms with E-state index in [4.69, 9.17) is 5.73 Å². The number of hydrogen-bond acceptors (Lipinski definition) is 2. The number of carbonyl (C=O) groups excluding carboxylic acids is 1. The Morgan fingerprint density at radius 3 is 2.36 bits per heavy atom. The molecular formula is C19H33IN4O. The highest BCUT2D eigenvalue weighted by Gasteiger charge is 2.05. The molecule has 142 valence electrons. The van der Waals surface area contributed by atoms with Crippen molar-refractivity contribution in [2.45, 2.75) is 59.5 Å². The van der Waals surface area contributed by atoms with Gasteiger partial charge in [0.15, 0.2) is 5.96 Å². The fourth-order valence-electron chi connectivity index (χ4n) is 2.40. The lowest BCUT2D eigenvalue weighted by Crippen LogP contribution is -2.38. The van der Waals surface area contributed by atoms with Gasteiger partial charge in [-0.1, -0.05) is 38.8 Å². The molecule has 0 aromatic heterocycles. The lowest BCUT2D eigenvalue weighted by atomic mass is 10.0. The molecule has 0 saturated carbocycles. The van der Waals surface area contributed by atoms with Crippen molar-refractivity contribution in [3.05, 3.63) is 35.4 Å². The number of rotatable bonds is 9. The van der Waals surface area contributed by atoms with Gasteiger partial charge in [-0.2, -0.15) is 0 Å². The second-order valence-corrected chi connectivity index (χ2v) is 6.63. The van der Waals surface area contributed by atoms with Crippen LogP contribution in [-0.2, 0) is 6.54 Å². The van der Waals surface area contributed by atoms with Crippen molar-refractivity contribution >= 4 is 35.8 Å². The summed E-state index contributed by atoms with van der Waals surface area (Å²) < 4.78 is 0. The van der Waals surface area contributed by atoms with E-state index < -0.39 is 0 Å². The SMILES string of the molecule is CCNC(=O)c1ccc(CN=C(N)NC(C)CCCC(C)C)cc1.I. The monoisotopic (exact) mass is 460 g/mol. The normalized spacial score (nSPS) is 12.4. The Morgan fingerprint density at radius 1 is 1.16 bits per heavy atom. The molecule has 1 atom stereocenters. The lowest BCUT2D eigenvalue weighted by Gasteiger charge is -2.15. The topological polar surface area (TPSA) is 79.5 Å². The first-order valence-corrected chi connectivity index (χ1v) is 8.86. The van der Waals surface area contributed by atoms with Crippen molar-refractivity contribution in [3.8, 4) is 0 Å². The molecule has 1 amide bonds. The van der Waals surface area contributed by atoms with E-state index in [-0.39, 0.29) is 29.9 Å². The largest absolute Gasteiger partial charge is 0.370 e. The molecule has 0 spiro atoms. The number of amides is 1. The molecule has 1 rings (SSSR count). The maximum Gasteiger partial charge on any atom is 0.251 e. The van der Waals surface area contributed by atoms with Gasteiger partial charge in [-0.25, -0.2) is 4.99 Å². The maximum atomic E-state index is 11.7. The van der Waals surface area contributed by atoms with Crippen LogP contribution in [0.3, 0.4) is 0 Å². The lowest BCUT2D eigenvalue weighted by molar-refractivity contribution is 0.0956. The molecule has 0 heterocycles. The van der Waals surface area contributed by atoms with Crippen LogP contribution in [0, 0.1) is 5.92 Å². The van der Waals surface area contributed by atoms with Crippen molar-refractivity contribution in [2.24, 2.45) is 16.6 Å². The Bertz CT molecular complexity index is 529. The molecule has 1 aromatic rings. The summed E-state index contributed by atoms with van der Waals surface area (Å²) in [6.07, 6.45) is 3.52. The predicted molar refractivity (Wildman–Crippen MR) is 116 cm³/mol. The van der Waals surface area contributed by atoms with Gasteiger partial charge in [0.1, 0.15) is 0 Å². The number of halogens is 1. The highest BCUT2D eigenvalue weighted by molar-refractivity contribution is 14.0. The van der Waals surface area contributed by atoms with Crippen LogP contribution in [0.5, 0.6) is 0 Å². The molecule has 0 aliphatic rings. The van der Waals surface area contributed by atoms with Crippen LogP contribution >= 0.6 is 24.0 Å². The first kappa shape index (κ1) is 23.7. The highest BCUT2D eigenvalue weighted by Crippen LogP contribution is 2.08. The number of aliphatic imine (C=N–C) groups is 1. The Labute approximate surface area is 169 Å². The summed E-state index contributed by atoms with van der Waals surface area (Å²) in [5, 5.41) is 6.01. The minimum Gasteiger partial charge on any atom is -0.370 e. The second-order valence-electron chi connectivity index (χ2n) is 6.63. The molecule has 0 fully saturated rings. The summed E-state index contributed by atoms with van der Waals surface area (Å²) >= 11 is 0. The Hall–Kier alpha value is -1.31. The minimum absolute atomic E-state index is 0. The van der Waals surface area contributed by atoms with Crippen molar-refractivity contribution < 1.29 is 4.79 Å². The molecule has 1 aromatic carbocycles. The average molecular weight is 460 g/mol. The van der Waals surface area contributed by atoms with Crippen LogP contribution in [0.4, 0.5) is 0 Å². The molecule has 6 heteroatoms. The third-order valence-corrected chi connectivity index (χ3v) is 3.80. The van der Waals surface area contributed by atoms with Gasteiger partial charge in [0.2, 0.25) is 0 Å². The van der Waals surface area contributed by atoms with Gasteiger partial charge >= 0.3 is 0 Å². The second kappa shape index (κ2) is 13.0. The van der Waals surface area contributed by atoms with E-state index in [1.807, 2.05) is 31.2 Å². The summed E-state index contributed by atoms with van der Waals surface area (Å²) in [5.74, 6) is 1.16. The molecule has 0 aliphatic heterocycles. The molecule has 0 bridgehead atoms. The van der Waals surface area contributed by atoms with Crippen LogP contribution < -0.4 is 16.4 Å². The molecular weight excluding hydrogens is 427 g/mol. The first-order chi connectivity index (χ1) is 11.4. The third-order valence-electron chi connectivity index (χ3n) is 3.80. The van der Waals surface area contributed by atoms with Gasteiger partial charge < -0.3 is 16.4 Å². The Balaban J connectivity index is 0.00000576. The Morgan fingerprint density at radius 2 is 1.80 bits per heavy atom. The molecule has 0 radical (unpaired) electrons. The van der Waals surface area contributed by atoms with E-state index in [0.29, 0.717) is 30.7 Å². The Kier molecular flexibility index (Phi) is 12.3. The molecule has 0 saturated heterocycles. The number of nitrogens with two attached hydrogens (primary N) is 1. The summed E-state index contributed by atoms with van der Waals surface area (Å²) in [7, 11) is 0. The van der Waals surface area contributed by atoms with Crippen LogP contribution in [-0.4, -0.2) is 24.5 Å². The number of carbonyl (C=O) groups is 1.